The van der Waals surface area contributed by atoms with E-state index in [9.17, 15) is 24.8 Å². The summed E-state index contributed by atoms with van der Waals surface area (Å²) < 4.78 is 4.91. The molecule has 3 rings (SSSR count). The molecule has 1 aliphatic rings. The third kappa shape index (κ3) is 3.40. The van der Waals surface area contributed by atoms with Crippen molar-refractivity contribution in [2.45, 2.75) is 0 Å². The van der Waals surface area contributed by atoms with Gasteiger partial charge in [-0.1, -0.05) is 11.6 Å². The number of halogens is 1. The number of amides is 3. The van der Waals surface area contributed by atoms with E-state index < -0.39 is 28.3 Å². The minimum atomic E-state index is -0.783. The van der Waals surface area contributed by atoms with E-state index in [0.717, 1.165) is 11.0 Å². The van der Waals surface area contributed by atoms with Gasteiger partial charge >= 0.3 is 11.7 Å². The van der Waals surface area contributed by atoms with Crippen molar-refractivity contribution in [3.05, 3.63) is 62.8 Å². The first-order chi connectivity index (χ1) is 12.8. The van der Waals surface area contributed by atoms with Crippen molar-refractivity contribution in [2.75, 3.05) is 12.0 Å². The fourth-order valence-electron chi connectivity index (χ4n) is 2.52. The van der Waals surface area contributed by atoms with Crippen LogP contribution in [0.4, 0.5) is 16.2 Å². The van der Waals surface area contributed by atoms with Crippen LogP contribution in [0.3, 0.4) is 0 Å². The molecule has 0 saturated carbocycles. The molecule has 0 spiro atoms. The number of nitrogens with zero attached hydrogens (tertiary/aromatic N) is 2. The molecule has 0 radical (unpaired) electrons. The third-order valence-electron chi connectivity index (χ3n) is 3.77. The Morgan fingerprint density at radius 2 is 1.93 bits per heavy atom. The molecule has 2 aromatic carbocycles. The van der Waals surface area contributed by atoms with Crippen LogP contribution in [0.5, 0.6) is 11.5 Å². The van der Waals surface area contributed by atoms with Crippen LogP contribution < -0.4 is 15.0 Å². The number of carbonyl (C=O) groups is 2. The highest BCUT2D eigenvalue weighted by Gasteiger charge is 2.35. The van der Waals surface area contributed by atoms with E-state index in [1.54, 1.807) is 0 Å². The van der Waals surface area contributed by atoms with E-state index >= 15 is 0 Å². The second-order valence-electron chi connectivity index (χ2n) is 5.45. The van der Waals surface area contributed by atoms with Crippen LogP contribution in [0.15, 0.2) is 42.1 Å². The van der Waals surface area contributed by atoms with Crippen molar-refractivity contribution in [1.82, 2.24) is 5.32 Å². The van der Waals surface area contributed by atoms with Crippen molar-refractivity contribution < 1.29 is 24.4 Å². The number of hydrogen-bond acceptors (Lipinski definition) is 6. The van der Waals surface area contributed by atoms with Gasteiger partial charge in [-0.15, -0.1) is 0 Å². The summed E-state index contributed by atoms with van der Waals surface area (Å²) in [5.74, 6) is -1.41. The van der Waals surface area contributed by atoms with E-state index in [1.807, 2.05) is 0 Å². The van der Waals surface area contributed by atoms with Gasteiger partial charge in [0.25, 0.3) is 5.91 Å². The van der Waals surface area contributed by atoms with E-state index in [2.05, 4.69) is 5.32 Å². The zero-order valence-corrected chi connectivity index (χ0v) is 14.6. The Morgan fingerprint density at radius 1 is 1.26 bits per heavy atom. The largest absolute Gasteiger partial charge is 0.500 e. The topological polar surface area (TPSA) is 122 Å². The summed E-state index contributed by atoms with van der Waals surface area (Å²) >= 11 is 5.81. The van der Waals surface area contributed by atoms with Crippen LogP contribution in [0.2, 0.25) is 5.02 Å². The number of carbonyl (C=O) groups excluding carboxylic acids is 2. The van der Waals surface area contributed by atoms with E-state index in [0.29, 0.717) is 10.7 Å². The summed E-state index contributed by atoms with van der Waals surface area (Å²) in [6.07, 6.45) is 1.26. The van der Waals surface area contributed by atoms with Crippen molar-refractivity contribution in [3.8, 4) is 11.5 Å². The smallest absolute Gasteiger partial charge is 0.333 e. The molecule has 0 atom stereocenters. The molecule has 0 unspecified atom stereocenters. The van der Waals surface area contributed by atoms with Crippen LogP contribution in [-0.2, 0) is 4.79 Å². The molecule has 9 nitrogen and oxygen atoms in total. The normalized spacial score (nSPS) is 15.2. The second-order valence-corrected chi connectivity index (χ2v) is 5.89. The zero-order chi connectivity index (χ0) is 19.7. The maximum absolute atomic E-state index is 12.6. The molecule has 3 amide bonds. The van der Waals surface area contributed by atoms with Gasteiger partial charge in [0.2, 0.25) is 5.75 Å². The second kappa shape index (κ2) is 6.96. The van der Waals surface area contributed by atoms with E-state index in [-0.39, 0.29) is 17.0 Å². The lowest BCUT2D eigenvalue weighted by Crippen LogP contribution is -2.30. The van der Waals surface area contributed by atoms with Crippen LogP contribution in [0, 0.1) is 10.1 Å². The van der Waals surface area contributed by atoms with Gasteiger partial charge in [0.15, 0.2) is 5.75 Å². The highest BCUT2D eigenvalue weighted by atomic mass is 35.5. The number of ether oxygens (including phenoxy) is 1. The summed E-state index contributed by atoms with van der Waals surface area (Å²) in [6, 6.07) is 7.79. The van der Waals surface area contributed by atoms with Gasteiger partial charge < -0.3 is 15.2 Å². The number of nitrogens with one attached hydrogen (secondary N) is 1. The first-order valence-corrected chi connectivity index (χ1v) is 7.87. The predicted molar refractivity (Wildman–Crippen MR) is 96.8 cm³/mol. The Morgan fingerprint density at radius 3 is 2.52 bits per heavy atom. The fraction of sp³-hybridized carbons (Fsp3) is 0.0588. The number of imide groups is 1. The van der Waals surface area contributed by atoms with Crippen molar-refractivity contribution in [3.63, 3.8) is 0 Å². The molecule has 2 aromatic rings. The van der Waals surface area contributed by atoms with Crippen LogP contribution in [0.25, 0.3) is 6.08 Å². The molecule has 0 aliphatic carbocycles. The number of nitro groups is 1. The average molecular weight is 390 g/mol. The Balaban J connectivity index is 2.00. The Kier molecular flexibility index (Phi) is 4.70. The fourth-order valence-corrected chi connectivity index (χ4v) is 2.64. The SMILES string of the molecule is COc1cc(/C=C2/NC(=O)N(c3ccc(Cl)cc3)C2=O)cc([N+](=O)[O-])c1O. The number of benzene rings is 2. The van der Waals surface area contributed by atoms with E-state index in [1.165, 1.54) is 43.5 Å². The summed E-state index contributed by atoms with van der Waals surface area (Å²) in [7, 11) is 1.24. The Bertz CT molecular complexity index is 987. The van der Waals surface area contributed by atoms with Crippen molar-refractivity contribution >= 4 is 41.0 Å². The number of aromatic hydroxyl groups is 1. The number of methoxy groups -OCH3 is 1. The molecule has 0 bridgehead atoms. The number of phenolic OH excluding ortho intramolecular Hbond substituents is 1. The van der Waals surface area contributed by atoms with Gasteiger partial charge in [-0.25, -0.2) is 9.69 Å². The zero-order valence-electron chi connectivity index (χ0n) is 13.8. The lowest BCUT2D eigenvalue weighted by Gasteiger charge is -2.11. The van der Waals surface area contributed by atoms with Gasteiger partial charge in [0.05, 0.1) is 17.7 Å². The minimum Gasteiger partial charge on any atom is -0.500 e. The Labute approximate surface area is 157 Å². The van der Waals surface area contributed by atoms with Crippen LogP contribution in [0.1, 0.15) is 5.56 Å². The molecule has 138 valence electrons. The highest BCUT2D eigenvalue weighted by molar-refractivity contribution is 6.31. The number of anilines is 1. The summed E-state index contributed by atoms with van der Waals surface area (Å²) in [5, 5.41) is 23.7. The number of urea groups is 1. The summed E-state index contributed by atoms with van der Waals surface area (Å²) in [6.45, 7) is 0. The van der Waals surface area contributed by atoms with Crippen LogP contribution >= 0.6 is 11.6 Å². The van der Waals surface area contributed by atoms with Gasteiger partial charge in [-0.2, -0.15) is 0 Å². The monoisotopic (exact) mass is 389 g/mol. The maximum Gasteiger partial charge on any atom is 0.333 e. The molecule has 0 aromatic heterocycles. The highest BCUT2D eigenvalue weighted by Crippen LogP contribution is 2.37. The van der Waals surface area contributed by atoms with E-state index in [4.69, 9.17) is 16.3 Å². The number of rotatable bonds is 4. The molecule has 10 heteroatoms. The molecule has 1 saturated heterocycles. The number of hydrogen-bond donors (Lipinski definition) is 2. The third-order valence-corrected chi connectivity index (χ3v) is 4.02. The summed E-state index contributed by atoms with van der Waals surface area (Å²) in [4.78, 5) is 35.9. The first kappa shape index (κ1) is 18.2. The quantitative estimate of drug-likeness (QED) is 0.358. The molecule has 2 N–H and O–H groups in total. The van der Waals surface area contributed by atoms with Gasteiger partial charge in [0.1, 0.15) is 5.70 Å². The van der Waals surface area contributed by atoms with Gasteiger partial charge in [0, 0.05) is 11.1 Å². The standard InChI is InChI=1S/C17H12ClN3O6/c1-27-14-8-9(7-13(15(14)22)21(25)26)6-12-16(23)20(17(24)19-12)11-4-2-10(18)3-5-11/h2-8,22H,1H3,(H,19,24)/b12-6+. The Hall–Kier alpha value is -3.59. The molecule has 1 fully saturated rings. The minimum absolute atomic E-state index is 0.0861. The van der Waals surface area contributed by atoms with Crippen molar-refractivity contribution in [2.24, 2.45) is 0 Å². The molecular formula is C17H12ClN3O6. The average Bonchev–Trinajstić information content (AvgIpc) is 2.90. The first-order valence-electron chi connectivity index (χ1n) is 7.50. The number of nitro benzene ring substituents is 1. The predicted octanol–water partition coefficient (Wildman–Crippen LogP) is 3.06. The lowest BCUT2D eigenvalue weighted by atomic mass is 10.1. The van der Waals surface area contributed by atoms with Gasteiger partial charge in [-0.05, 0) is 42.0 Å². The number of phenols is 1. The molecular weight excluding hydrogens is 378 g/mol. The molecule has 27 heavy (non-hydrogen) atoms. The molecule has 1 heterocycles. The van der Waals surface area contributed by atoms with Gasteiger partial charge in [-0.3, -0.25) is 14.9 Å². The van der Waals surface area contributed by atoms with Crippen molar-refractivity contribution in [1.29, 1.82) is 0 Å². The summed E-state index contributed by atoms with van der Waals surface area (Å²) in [5.41, 5.74) is -0.165. The molecule has 1 aliphatic heterocycles. The van der Waals surface area contributed by atoms with Crippen LogP contribution in [-0.4, -0.2) is 29.1 Å². The lowest BCUT2D eigenvalue weighted by molar-refractivity contribution is -0.386. The maximum atomic E-state index is 12.6.